The largest absolute Gasteiger partial charge is 0.481 e. The summed E-state index contributed by atoms with van der Waals surface area (Å²) in [5.41, 5.74) is 0.426. The van der Waals surface area contributed by atoms with Crippen molar-refractivity contribution in [2.75, 3.05) is 39.1 Å². The highest BCUT2D eigenvalue weighted by Crippen LogP contribution is 2.35. The molecule has 3 aromatic rings. The smallest absolute Gasteiger partial charge is 0.407 e. The summed E-state index contributed by atoms with van der Waals surface area (Å²) in [6.45, 7) is 0.0864. The van der Waals surface area contributed by atoms with Crippen LogP contribution in [0.4, 0.5) is 10.7 Å². The van der Waals surface area contributed by atoms with Crippen LogP contribution in [0.15, 0.2) is 24.5 Å². The van der Waals surface area contributed by atoms with Crippen LogP contribution in [-0.2, 0) is 10.0 Å². The first-order chi connectivity index (χ1) is 17.3. The van der Waals surface area contributed by atoms with Crippen LogP contribution >= 0.6 is 0 Å². The predicted molar refractivity (Wildman–Crippen MR) is 125 cm³/mol. The van der Waals surface area contributed by atoms with Crippen LogP contribution in [0.5, 0.6) is 17.6 Å². The Morgan fingerprint density at radius 3 is 2.47 bits per heavy atom. The predicted octanol–water partition coefficient (Wildman–Crippen LogP) is 1.03. The van der Waals surface area contributed by atoms with Gasteiger partial charge in [0, 0.05) is 19.2 Å². The Morgan fingerprint density at radius 2 is 1.83 bits per heavy atom. The zero-order chi connectivity index (χ0) is 25.9. The summed E-state index contributed by atoms with van der Waals surface area (Å²) in [4.78, 5) is 25.1. The van der Waals surface area contributed by atoms with Crippen molar-refractivity contribution in [1.29, 1.82) is 0 Å². The maximum Gasteiger partial charge on any atom is 0.407 e. The van der Waals surface area contributed by atoms with E-state index < -0.39 is 21.4 Å². The number of anilines is 1. The molecule has 3 aromatic heterocycles. The summed E-state index contributed by atoms with van der Waals surface area (Å²) >= 11 is 0. The molecule has 4 rings (SSSR count). The van der Waals surface area contributed by atoms with E-state index in [1.165, 1.54) is 32.2 Å². The van der Waals surface area contributed by atoms with Crippen LogP contribution < -0.4 is 18.9 Å². The van der Waals surface area contributed by atoms with Crippen molar-refractivity contribution >= 4 is 22.1 Å². The molecule has 0 radical (unpaired) electrons. The van der Waals surface area contributed by atoms with Gasteiger partial charge in [-0.25, -0.2) is 22.8 Å². The molecule has 1 aliphatic rings. The molecule has 0 spiro atoms. The molecule has 36 heavy (non-hydrogen) atoms. The third-order valence-electron chi connectivity index (χ3n) is 5.51. The minimum atomic E-state index is -4.10. The fraction of sp³-hybridized carbons (Fsp3) is 0.400. The van der Waals surface area contributed by atoms with E-state index in [1.807, 2.05) is 0 Å². The highest BCUT2D eigenvalue weighted by atomic mass is 32.2. The second kappa shape index (κ2) is 10.2. The number of methoxy groups -OCH3 is 3. The summed E-state index contributed by atoms with van der Waals surface area (Å²) in [6.07, 6.45) is 0.720. The fourth-order valence-electron chi connectivity index (χ4n) is 3.79. The Labute approximate surface area is 206 Å². The zero-order valence-corrected chi connectivity index (χ0v) is 20.5. The van der Waals surface area contributed by atoms with Gasteiger partial charge in [-0.1, -0.05) is 6.07 Å². The minimum absolute atomic E-state index is 0.0564. The van der Waals surface area contributed by atoms with Crippen LogP contribution in [0.1, 0.15) is 12.8 Å². The van der Waals surface area contributed by atoms with Crippen molar-refractivity contribution < 1.29 is 32.5 Å². The fourth-order valence-corrected chi connectivity index (χ4v) is 5.20. The van der Waals surface area contributed by atoms with Crippen molar-refractivity contribution in [3.8, 4) is 34.8 Å². The van der Waals surface area contributed by atoms with E-state index >= 15 is 0 Å². The van der Waals surface area contributed by atoms with E-state index in [4.69, 9.17) is 14.2 Å². The van der Waals surface area contributed by atoms with Gasteiger partial charge in [-0.05, 0) is 18.9 Å². The van der Waals surface area contributed by atoms with Crippen LogP contribution in [-0.4, -0.2) is 93.9 Å². The number of amides is 1. The van der Waals surface area contributed by atoms with Gasteiger partial charge in [0.15, 0.2) is 11.5 Å². The number of aromatic nitrogens is 6. The second-order valence-corrected chi connectivity index (χ2v) is 9.59. The molecule has 4 heterocycles. The third-order valence-corrected chi connectivity index (χ3v) is 7.24. The maximum atomic E-state index is 13.3. The molecule has 2 N–H and O–H groups in total. The third kappa shape index (κ3) is 4.79. The molecular formula is C20H24N8O7S. The Balaban J connectivity index is 1.85. The Bertz CT molecular complexity index is 1340. The quantitative estimate of drug-likeness (QED) is 0.431. The van der Waals surface area contributed by atoms with Crippen LogP contribution in [0.2, 0.25) is 0 Å². The van der Waals surface area contributed by atoms with Crippen molar-refractivity contribution in [2.24, 2.45) is 0 Å². The molecular weight excluding hydrogens is 496 g/mol. The maximum absolute atomic E-state index is 13.3. The van der Waals surface area contributed by atoms with E-state index in [9.17, 15) is 18.3 Å². The first-order valence-corrected chi connectivity index (χ1v) is 12.2. The van der Waals surface area contributed by atoms with Gasteiger partial charge in [0.25, 0.3) is 0 Å². The average molecular weight is 521 g/mol. The van der Waals surface area contributed by atoms with Crippen molar-refractivity contribution in [1.82, 2.24) is 34.6 Å². The minimum Gasteiger partial charge on any atom is -0.481 e. The van der Waals surface area contributed by atoms with Crippen molar-refractivity contribution in [2.45, 2.75) is 18.1 Å². The summed E-state index contributed by atoms with van der Waals surface area (Å²) in [5, 5.41) is 16.5. The standard InChI is InChI=1S/C20H24N8O7S/c1-33-14-8-4-7-13(23-14)16-24-25-19(28(16)15-17(34-2)21-11-22-18(15)35-3)26-36(31,32)12-6-5-9-27(10-12)20(29)30/h4,7-8,11-12H,5-6,9-10H2,1-3H3,(H,25,26)(H,29,30)/t12-/m0/s1. The van der Waals surface area contributed by atoms with E-state index in [2.05, 4.69) is 29.9 Å². The molecule has 0 bridgehead atoms. The van der Waals surface area contributed by atoms with Crippen molar-refractivity contribution in [3.63, 3.8) is 0 Å². The van der Waals surface area contributed by atoms with Gasteiger partial charge >= 0.3 is 6.09 Å². The number of likely N-dealkylation sites (tertiary alicyclic amines) is 1. The van der Waals surface area contributed by atoms with Gasteiger partial charge in [0.2, 0.25) is 33.6 Å². The second-order valence-electron chi connectivity index (χ2n) is 7.63. The van der Waals surface area contributed by atoms with Gasteiger partial charge in [0.05, 0.1) is 26.6 Å². The van der Waals surface area contributed by atoms with Crippen LogP contribution in [0.25, 0.3) is 17.2 Å². The Morgan fingerprint density at radius 1 is 1.11 bits per heavy atom. The van der Waals surface area contributed by atoms with E-state index in [-0.39, 0.29) is 48.7 Å². The number of piperidine rings is 1. The molecule has 0 saturated carbocycles. The van der Waals surface area contributed by atoms with Gasteiger partial charge in [-0.15, -0.1) is 10.2 Å². The van der Waals surface area contributed by atoms with Gasteiger partial charge in [-0.2, -0.15) is 9.97 Å². The monoisotopic (exact) mass is 520 g/mol. The lowest BCUT2D eigenvalue weighted by atomic mass is 10.1. The first-order valence-electron chi connectivity index (χ1n) is 10.7. The summed E-state index contributed by atoms with van der Waals surface area (Å²) < 4.78 is 46.4. The van der Waals surface area contributed by atoms with Crippen molar-refractivity contribution in [3.05, 3.63) is 24.5 Å². The number of nitrogens with zero attached hydrogens (tertiary/aromatic N) is 7. The summed E-state index contributed by atoms with van der Waals surface area (Å²) in [6, 6.07) is 4.95. The molecule has 1 amide bonds. The number of sulfonamides is 1. The molecule has 15 nitrogen and oxygen atoms in total. The topological polar surface area (TPSA) is 184 Å². The normalized spacial score (nSPS) is 15.9. The molecule has 0 aromatic carbocycles. The lowest BCUT2D eigenvalue weighted by Gasteiger charge is -2.30. The number of rotatable bonds is 8. The number of carbonyl (C=O) groups is 1. The Hall–Kier alpha value is -4.21. The first kappa shape index (κ1) is 24.9. The number of ether oxygens (including phenoxy) is 3. The van der Waals surface area contributed by atoms with Crippen LogP contribution in [0.3, 0.4) is 0 Å². The zero-order valence-electron chi connectivity index (χ0n) is 19.7. The SMILES string of the molecule is COc1cccc(-c2nnc(NS(=O)(=O)[C@H]3CCCN(C(=O)O)C3)n2-c2c(OC)ncnc2OC)n1. The lowest BCUT2D eigenvalue weighted by Crippen LogP contribution is -2.46. The molecule has 192 valence electrons. The highest BCUT2D eigenvalue weighted by molar-refractivity contribution is 7.93. The van der Waals surface area contributed by atoms with Gasteiger partial charge in [-0.3, -0.25) is 4.72 Å². The van der Waals surface area contributed by atoms with E-state index in [0.717, 1.165) is 4.90 Å². The molecule has 16 heteroatoms. The summed E-state index contributed by atoms with van der Waals surface area (Å²) in [7, 11) is 0.117. The van der Waals surface area contributed by atoms with E-state index in [0.29, 0.717) is 18.0 Å². The molecule has 0 unspecified atom stereocenters. The molecule has 1 aliphatic heterocycles. The average Bonchev–Trinajstić information content (AvgIpc) is 3.30. The molecule has 0 aliphatic carbocycles. The molecule has 1 atom stereocenters. The van der Waals surface area contributed by atoms with Gasteiger partial charge < -0.3 is 24.2 Å². The number of hydrogen-bond donors (Lipinski definition) is 2. The van der Waals surface area contributed by atoms with E-state index in [1.54, 1.807) is 18.2 Å². The molecule has 1 fully saturated rings. The van der Waals surface area contributed by atoms with Gasteiger partial charge in [0.1, 0.15) is 12.0 Å². The lowest BCUT2D eigenvalue weighted by molar-refractivity contribution is 0.136. The number of pyridine rings is 1. The number of hydrogen-bond acceptors (Lipinski definition) is 11. The number of nitrogens with one attached hydrogen (secondary N) is 1. The highest BCUT2D eigenvalue weighted by Gasteiger charge is 2.35. The number of carboxylic acid groups (broad SMARTS) is 1. The molecule has 1 saturated heterocycles. The Kier molecular flexibility index (Phi) is 7.05. The van der Waals surface area contributed by atoms with Crippen LogP contribution in [0, 0.1) is 0 Å². The summed E-state index contributed by atoms with van der Waals surface area (Å²) in [5.74, 6) is 0.313.